The van der Waals surface area contributed by atoms with Crippen molar-refractivity contribution in [2.75, 3.05) is 42.8 Å². The average molecular weight is 377 g/mol. The quantitative estimate of drug-likeness (QED) is 0.785. The normalized spacial score (nSPS) is 22.5. The minimum atomic E-state index is -3.26. The van der Waals surface area contributed by atoms with Crippen molar-refractivity contribution in [3.05, 3.63) is 29.8 Å². The Labute approximate surface area is 153 Å². The van der Waals surface area contributed by atoms with Crippen molar-refractivity contribution in [1.29, 1.82) is 0 Å². The highest BCUT2D eigenvalue weighted by molar-refractivity contribution is 7.93. The Bertz CT molecular complexity index is 827. The summed E-state index contributed by atoms with van der Waals surface area (Å²) < 4.78 is 25.6. The smallest absolute Gasteiger partial charge is 0.254 e. The molecule has 26 heavy (non-hydrogen) atoms. The molecule has 1 saturated carbocycles. The van der Waals surface area contributed by atoms with Gasteiger partial charge in [0, 0.05) is 44.2 Å². The monoisotopic (exact) mass is 377 g/mol. The van der Waals surface area contributed by atoms with Crippen LogP contribution >= 0.6 is 0 Å². The van der Waals surface area contributed by atoms with Crippen molar-refractivity contribution in [3.8, 4) is 0 Å². The molecule has 8 heteroatoms. The standard InChI is InChI=1S/C18H23N3O4S/c22-17(14-5-6-14)19-8-10-20(11-9-19)18(23)15-3-1-4-16(13-15)21-7-2-12-26(21,24)25/h1,3-4,13-14H,2,5-12H2. The third-order valence-corrected chi connectivity index (χ3v) is 7.16. The molecule has 4 rings (SSSR count). The van der Waals surface area contributed by atoms with Gasteiger partial charge in [-0.3, -0.25) is 13.9 Å². The third-order valence-electron chi connectivity index (χ3n) is 5.29. The molecule has 140 valence electrons. The number of amides is 2. The van der Waals surface area contributed by atoms with E-state index in [1.807, 2.05) is 4.90 Å². The van der Waals surface area contributed by atoms with Gasteiger partial charge >= 0.3 is 0 Å². The van der Waals surface area contributed by atoms with E-state index < -0.39 is 10.0 Å². The molecule has 1 aliphatic carbocycles. The number of piperazine rings is 1. The van der Waals surface area contributed by atoms with Crippen LogP contribution in [0.3, 0.4) is 0 Å². The van der Waals surface area contributed by atoms with Gasteiger partial charge in [-0.25, -0.2) is 8.42 Å². The summed E-state index contributed by atoms with van der Waals surface area (Å²) >= 11 is 0. The predicted octanol–water partition coefficient (Wildman–Crippen LogP) is 0.921. The molecule has 0 spiro atoms. The maximum atomic E-state index is 12.8. The molecule has 0 radical (unpaired) electrons. The number of carbonyl (C=O) groups excluding carboxylic acids is 2. The second-order valence-corrected chi connectivity index (χ2v) is 9.20. The summed E-state index contributed by atoms with van der Waals surface area (Å²) in [5.74, 6) is 0.471. The first-order valence-corrected chi connectivity index (χ1v) is 10.8. The summed E-state index contributed by atoms with van der Waals surface area (Å²) in [5, 5.41) is 0. The Morgan fingerprint density at radius 2 is 1.65 bits per heavy atom. The van der Waals surface area contributed by atoms with Gasteiger partial charge < -0.3 is 9.80 Å². The van der Waals surface area contributed by atoms with Crippen molar-refractivity contribution >= 4 is 27.5 Å². The van der Waals surface area contributed by atoms with Gasteiger partial charge in [-0.05, 0) is 37.5 Å². The van der Waals surface area contributed by atoms with Crippen LogP contribution in [0, 0.1) is 5.92 Å². The molecule has 2 saturated heterocycles. The molecule has 0 bridgehead atoms. The Balaban J connectivity index is 1.44. The van der Waals surface area contributed by atoms with E-state index in [1.165, 1.54) is 4.31 Å². The maximum Gasteiger partial charge on any atom is 0.254 e. The lowest BCUT2D eigenvalue weighted by molar-refractivity contribution is -0.134. The molecule has 1 aromatic rings. The number of anilines is 1. The van der Waals surface area contributed by atoms with Gasteiger partial charge in [-0.2, -0.15) is 0 Å². The molecule has 3 fully saturated rings. The summed E-state index contributed by atoms with van der Waals surface area (Å²) in [6.45, 7) is 2.64. The molecular weight excluding hydrogens is 354 g/mol. The van der Waals surface area contributed by atoms with Crippen molar-refractivity contribution < 1.29 is 18.0 Å². The minimum absolute atomic E-state index is 0.109. The van der Waals surface area contributed by atoms with Crippen LogP contribution in [0.4, 0.5) is 5.69 Å². The number of carbonyl (C=O) groups is 2. The summed E-state index contributed by atoms with van der Waals surface area (Å²) in [6, 6.07) is 6.83. The van der Waals surface area contributed by atoms with E-state index >= 15 is 0 Å². The van der Waals surface area contributed by atoms with Crippen LogP contribution in [0.15, 0.2) is 24.3 Å². The number of rotatable bonds is 3. The fraction of sp³-hybridized carbons (Fsp3) is 0.556. The first kappa shape index (κ1) is 17.3. The first-order valence-electron chi connectivity index (χ1n) is 9.14. The second-order valence-electron chi connectivity index (χ2n) is 7.18. The van der Waals surface area contributed by atoms with E-state index in [2.05, 4.69) is 0 Å². The Hall–Kier alpha value is -2.09. The van der Waals surface area contributed by atoms with Gasteiger partial charge in [0.1, 0.15) is 0 Å². The van der Waals surface area contributed by atoms with E-state index in [4.69, 9.17) is 0 Å². The number of benzene rings is 1. The molecule has 2 heterocycles. The SMILES string of the molecule is O=C(c1cccc(N2CCCS2(=O)=O)c1)N1CCN(C(=O)C2CC2)CC1. The van der Waals surface area contributed by atoms with Crippen molar-refractivity contribution in [3.63, 3.8) is 0 Å². The molecule has 2 amide bonds. The number of hydrogen-bond donors (Lipinski definition) is 0. The van der Waals surface area contributed by atoms with E-state index in [9.17, 15) is 18.0 Å². The summed E-state index contributed by atoms with van der Waals surface area (Å²) in [7, 11) is -3.26. The second kappa shape index (κ2) is 6.57. The molecule has 7 nitrogen and oxygen atoms in total. The van der Waals surface area contributed by atoms with Crippen molar-refractivity contribution in [1.82, 2.24) is 9.80 Å². The van der Waals surface area contributed by atoms with E-state index in [0.717, 1.165) is 12.8 Å². The zero-order chi connectivity index (χ0) is 18.3. The zero-order valence-electron chi connectivity index (χ0n) is 14.6. The highest BCUT2D eigenvalue weighted by atomic mass is 32.2. The predicted molar refractivity (Wildman–Crippen MR) is 97.4 cm³/mol. The molecular formula is C18H23N3O4S. The number of hydrogen-bond acceptors (Lipinski definition) is 4. The van der Waals surface area contributed by atoms with Gasteiger partial charge in [-0.1, -0.05) is 6.07 Å². The molecule has 0 aromatic heterocycles. The van der Waals surface area contributed by atoms with Crippen LogP contribution < -0.4 is 4.31 Å². The molecule has 0 atom stereocenters. The molecule has 3 aliphatic rings. The Morgan fingerprint density at radius 1 is 0.962 bits per heavy atom. The Kier molecular flexibility index (Phi) is 4.38. The maximum absolute atomic E-state index is 12.8. The summed E-state index contributed by atoms with van der Waals surface area (Å²) in [5.41, 5.74) is 1.04. The first-order chi connectivity index (χ1) is 12.5. The average Bonchev–Trinajstić information content (AvgIpc) is 3.44. The highest BCUT2D eigenvalue weighted by Crippen LogP contribution is 2.31. The lowest BCUT2D eigenvalue weighted by atomic mass is 10.1. The number of sulfonamides is 1. The molecule has 0 N–H and O–H groups in total. The molecule has 0 unspecified atom stereocenters. The molecule has 1 aromatic carbocycles. The van der Waals surface area contributed by atoms with E-state index in [0.29, 0.717) is 50.4 Å². The van der Waals surface area contributed by atoms with Crippen LogP contribution in [0.5, 0.6) is 0 Å². The summed E-state index contributed by atoms with van der Waals surface area (Å²) in [6.07, 6.45) is 2.59. The van der Waals surface area contributed by atoms with Gasteiger partial charge in [0.25, 0.3) is 5.91 Å². The third kappa shape index (κ3) is 3.30. The zero-order valence-corrected chi connectivity index (χ0v) is 15.5. The Morgan fingerprint density at radius 3 is 2.27 bits per heavy atom. The van der Waals surface area contributed by atoms with Crippen LogP contribution in [0.1, 0.15) is 29.6 Å². The van der Waals surface area contributed by atoms with Gasteiger partial charge in [0.15, 0.2) is 0 Å². The van der Waals surface area contributed by atoms with Crippen LogP contribution in [-0.4, -0.2) is 68.5 Å². The fourth-order valence-electron chi connectivity index (χ4n) is 3.62. The molecule has 2 aliphatic heterocycles. The van der Waals surface area contributed by atoms with Crippen LogP contribution in [-0.2, 0) is 14.8 Å². The summed E-state index contributed by atoms with van der Waals surface area (Å²) in [4.78, 5) is 28.5. The minimum Gasteiger partial charge on any atom is -0.339 e. The lowest BCUT2D eigenvalue weighted by Crippen LogP contribution is -2.51. The van der Waals surface area contributed by atoms with Gasteiger partial charge in [0.05, 0.1) is 11.4 Å². The van der Waals surface area contributed by atoms with Crippen LogP contribution in [0.2, 0.25) is 0 Å². The van der Waals surface area contributed by atoms with E-state index in [1.54, 1.807) is 29.2 Å². The highest BCUT2D eigenvalue weighted by Gasteiger charge is 2.35. The van der Waals surface area contributed by atoms with Crippen molar-refractivity contribution in [2.45, 2.75) is 19.3 Å². The topological polar surface area (TPSA) is 78.0 Å². The number of nitrogens with zero attached hydrogens (tertiary/aromatic N) is 3. The van der Waals surface area contributed by atoms with Gasteiger partial charge in [-0.15, -0.1) is 0 Å². The lowest BCUT2D eigenvalue weighted by Gasteiger charge is -2.35. The van der Waals surface area contributed by atoms with Crippen LogP contribution in [0.25, 0.3) is 0 Å². The van der Waals surface area contributed by atoms with E-state index in [-0.39, 0.29) is 23.5 Å². The largest absolute Gasteiger partial charge is 0.339 e. The fourth-order valence-corrected chi connectivity index (χ4v) is 5.18. The van der Waals surface area contributed by atoms with Crippen molar-refractivity contribution in [2.24, 2.45) is 5.92 Å². The van der Waals surface area contributed by atoms with Gasteiger partial charge in [0.2, 0.25) is 15.9 Å².